The summed E-state index contributed by atoms with van der Waals surface area (Å²) < 4.78 is 5.16. The normalized spacial score (nSPS) is 17.3. The molecule has 27 heavy (non-hydrogen) atoms. The van der Waals surface area contributed by atoms with Gasteiger partial charge < -0.3 is 9.25 Å². The second kappa shape index (κ2) is 8.06. The summed E-state index contributed by atoms with van der Waals surface area (Å²) in [4.78, 5) is 36.5. The third kappa shape index (κ3) is 4.64. The summed E-state index contributed by atoms with van der Waals surface area (Å²) >= 11 is 0. The van der Waals surface area contributed by atoms with Crippen LogP contribution in [0.25, 0.3) is 11.1 Å². The van der Waals surface area contributed by atoms with Crippen molar-refractivity contribution < 1.29 is 9.25 Å². The van der Waals surface area contributed by atoms with Crippen LogP contribution in [0.3, 0.4) is 0 Å². The molecule has 0 radical (unpaired) electrons. The van der Waals surface area contributed by atoms with E-state index < -0.39 is 5.63 Å². The van der Waals surface area contributed by atoms with E-state index in [0.29, 0.717) is 17.4 Å². The van der Waals surface area contributed by atoms with E-state index in [9.17, 15) is 9.59 Å². The summed E-state index contributed by atoms with van der Waals surface area (Å²) in [5.41, 5.74) is 0.815. The molecular weight excluding hydrogens is 346 g/mol. The molecule has 7 nitrogen and oxygen atoms in total. The Morgan fingerprint density at radius 2 is 2.00 bits per heavy atom. The Morgan fingerprint density at radius 3 is 2.78 bits per heavy atom. The summed E-state index contributed by atoms with van der Waals surface area (Å²) in [5.74, 6) is 0.887. The van der Waals surface area contributed by atoms with Crippen molar-refractivity contribution in [3.05, 3.63) is 32.4 Å². The van der Waals surface area contributed by atoms with Crippen LogP contribution < -0.4 is 16.0 Å². The monoisotopic (exact) mass is 371 g/mol. The first kappa shape index (κ1) is 17.9. The van der Waals surface area contributed by atoms with Crippen LogP contribution in [-0.2, 0) is 6.42 Å². The maximum absolute atomic E-state index is 12.5. The van der Waals surface area contributed by atoms with Crippen LogP contribution in [0.15, 0.2) is 25.2 Å². The van der Waals surface area contributed by atoms with Crippen LogP contribution in [0, 0.1) is 5.92 Å². The molecule has 2 saturated carbocycles. The Hall–Kier alpha value is -2.44. The molecule has 2 fully saturated rings. The lowest BCUT2D eigenvalue weighted by Crippen LogP contribution is -2.15. The standard InChI is InChI=1S/C20H25N3O4/c24-16-12-14(7-5-4-6-13-10-11-13)17-18(25)21-20(22-19(17)26-16)27-23-15-8-2-1-3-9-15/h12-13H,1-11H2,(H,21,22,25). The molecule has 2 heterocycles. The van der Waals surface area contributed by atoms with Crippen molar-refractivity contribution in [2.75, 3.05) is 0 Å². The van der Waals surface area contributed by atoms with Crippen LogP contribution in [0.5, 0.6) is 6.01 Å². The number of nitrogens with zero attached hydrogens (tertiary/aromatic N) is 2. The van der Waals surface area contributed by atoms with Gasteiger partial charge in [0.25, 0.3) is 5.56 Å². The second-order valence-electron chi connectivity index (χ2n) is 7.64. The highest BCUT2D eigenvalue weighted by Gasteiger charge is 2.20. The zero-order valence-electron chi connectivity index (χ0n) is 15.5. The highest BCUT2D eigenvalue weighted by molar-refractivity contribution is 5.84. The van der Waals surface area contributed by atoms with Gasteiger partial charge in [-0.05, 0) is 50.0 Å². The predicted molar refractivity (Wildman–Crippen MR) is 102 cm³/mol. The zero-order valence-corrected chi connectivity index (χ0v) is 15.5. The highest BCUT2D eigenvalue weighted by Crippen LogP contribution is 2.34. The first-order valence-corrected chi connectivity index (χ1v) is 9.99. The fourth-order valence-corrected chi connectivity index (χ4v) is 3.68. The van der Waals surface area contributed by atoms with Gasteiger partial charge in [0.2, 0.25) is 5.71 Å². The van der Waals surface area contributed by atoms with E-state index >= 15 is 0 Å². The molecular formula is C20H25N3O4. The van der Waals surface area contributed by atoms with Crippen LogP contribution in [0.2, 0.25) is 0 Å². The van der Waals surface area contributed by atoms with Crippen LogP contribution in [-0.4, -0.2) is 15.7 Å². The Kier molecular flexibility index (Phi) is 5.36. The van der Waals surface area contributed by atoms with Gasteiger partial charge in [0.1, 0.15) is 5.39 Å². The summed E-state index contributed by atoms with van der Waals surface area (Å²) in [7, 11) is 0. The average Bonchev–Trinajstić information content (AvgIpc) is 3.48. The minimum absolute atomic E-state index is 0.0160. The molecule has 2 aliphatic rings. The summed E-state index contributed by atoms with van der Waals surface area (Å²) in [6.45, 7) is 0. The number of fused-ring (bicyclic) bond motifs is 1. The number of rotatable bonds is 7. The minimum atomic E-state index is -0.498. The molecule has 144 valence electrons. The van der Waals surface area contributed by atoms with E-state index in [1.54, 1.807) is 0 Å². The predicted octanol–water partition coefficient (Wildman–Crippen LogP) is 3.70. The maximum Gasteiger partial charge on any atom is 0.337 e. The molecule has 0 spiro atoms. The average molecular weight is 371 g/mol. The third-order valence-electron chi connectivity index (χ3n) is 5.37. The molecule has 7 heteroatoms. The van der Waals surface area contributed by atoms with Gasteiger partial charge >= 0.3 is 11.6 Å². The molecule has 0 saturated heterocycles. The molecule has 0 bridgehead atoms. The van der Waals surface area contributed by atoms with Crippen molar-refractivity contribution in [1.82, 2.24) is 9.97 Å². The van der Waals surface area contributed by atoms with Crippen molar-refractivity contribution >= 4 is 16.8 Å². The molecule has 2 aromatic heterocycles. The first-order valence-electron chi connectivity index (χ1n) is 9.99. The van der Waals surface area contributed by atoms with Crippen LogP contribution >= 0.6 is 0 Å². The van der Waals surface area contributed by atoms with Gasteiger partial charge in [0.15, 0.2) is 0 Å². The number of H-pyrrole nitrogens is 1. The highest BCUT2D eigenvalue weighted by atomic mass is 16.6. The quantitative estimate of drug-likeness (QED) is 0.591. The van der Waals surface area contributed by atoms with E-state index in [2.05, 4.69) is 15.1 Å². The topological polar surface area (TPSA) is 97.5 Å². The lowest BCUT2D eigenvalue weighted by Gasteiger charge is -2.11. The Bertz CT molecular complexity index is 948. The zero-order chi connectivity index (χ0) is 18.6. The fourth-order valence-electron chi connectivity index (χ4n) is 3.68. The van der Waals surface area contributed by atoms with Crippen molar-refractivity contribution in [2.24, 2.45) is 11.1 Å². The Labute approximate surface area is 156 Å². The number of aryl methyl sites for hydroxylation is 1. The number of oxime groups is 1. The summed E-state index contributed by atoms with van der Waals surface area (Å²) in [6.07, 6.45) is 11.8. The van der Waals surface area contributed by atoms with E-state index in [1.165, 1.54) is 31.7 Å². The first-order chi connectivity index (χ1) is 13.2. The number of aromatic nitrogens is 2. The lowest BCUT2D eigenvalue weighted by molar-refractivity contribution is 0.307. The lowest BCUT2D eigenvalue weighted by atomic mass is 9.99. The minimum Gasteiger partial charge on any atom is -0.403 e. The van der Waals surface area contributed by atoms with Crippen molar-refractivity contribution in [3.8, 4) is 6.01 Å². The molecule has 4 rings (SSSR count). The second-order valence-corrected chi connectivity index (χ2v) is 7.64. The molecule has 1 N–H and O–H groups in total. The van der Waals surface area contributed by atoms with Crippen LogP contribution in [0.1, 0.15) is 69.8 Å². The van der Waals surface area contributed by atoms with Gasteiger partial charge in [0, 0.05) is 6.07 Å². The van der Waals surface area contributed by atoms with Gasteiger partial charge in [-0.25, -0.2) is 4.79 Å². The number of aromatic amines is 1. The smallest absolute Gasteiger partial charge is 0.337 e. The number of nitrogens with one attached hydrogen (secondary N) is 1. The fraction of sp³-hybridized carbons (Fsp3) is 0.600. The van der Waals surface area contributed by atoms with Crippen molar-refractivity contribution in [3.63, 3.8) is 0 Å². The SMILES string of the molecule is O=c1cc(CCCCC2CC2)c2c(=O)[nH]c(ON=C3CCCCC3)nc2o1. The summed E-state index contributed by atoms with van der Waals surface area (Å²) in [5, 5.41) is 4.43. The van der Waals surface area contributed by atoms with E-state index in [-0.39, 0.29) is 17.3 Å². The van der Waals surface area contributed by atoms with Crippen LogP contribution in [0.4, 0.5) is 0 Å². The number of hydrogen-bond donors (Lipinski definition) is 1. The van der Waals surface area contributed by atoms with Crippen molar-refractivity contribution in [2.45, 2.75) is 70.6 Å². The van der Waals surface area contributed by atoms with Gasteiger partial charge in [-0.1, -0.05) is 37.3 Å². The molecule has 2 aliphatic carbocycles. The third-order valence-corrected chi connectivity index (χ3v) is 5.37. The van der Waals surface area contributed by atoms with Gasteiger partial charge in [-0.15, -0.1) is 0 Å². The maximum atomic E-state index is 12.5. The number of unbranched alkanes of at least 4 members (excludes halogenated alkanes) is 1. The van der Waals surface area contributed by atoms with E-state index in [4.69, 9.17) is 9.25 Å². The van der Waals surface area contributed by atoms with E-state index in [1.807, 2.05) is 0 Å². The molecule has 0 aromatic carbocycles. The van der Waals surface area contributed by atoms with Gasteiger partial charge in [-0.2, -0.15) is 4.98 Å². The molecule has 2 aromatic rings. The number of hydrogen-bond acceptors (Lipinski definition) is 6. The molecule has 0 atom stereocenters. The van der Waals surface area contributed by atoms with E-state index in [0.717, 1.165) is 50.2 Å². The van der Waals surface area contributed by atoms with Gasteiger partial charge in [0.05, 0.1) is 5.71 Å². The Morgan fingerprint density at radius 1 is 1.19 bits per heavy atom. The van der Waals surface area contributed by atoms with Gasteiger partial charge in [-0.3, -0.25) is 9.78 Å². The summed E-state index contributed by atoms with van der Waals surface area (Å²) in [6, 6.07) is 1.36. The van der Waals surface area contributed by atoms with Crippen molar-refractivity contribution in [1.29, 1.82) is 0 Å². The Balaban J connectivity index is 1.54. The molecule has 0 aliphatic heterocycles. The molecule has 0 amide bonds. The molecule has 0 unspecified atom stereocenters. The largest absolute Gasteiger partial charge is 0.403 e.